The first-order chi connectivity index (χ1) is 14.0. The van der Waals surface area contributed by atoms with Gasteiger partial charge in [-0.25, -0.2) is 4.21 Å². The monoisotopic (exact) mass is 417 g/mol. The second-order valence-corrected chi connectivity index (χ2v) is 7.65. The number of carbonyl (C=O) groups is 1. The number of hydrogen-bond acceptors (Lipinski definition) is 4. The number of rotatable bonds is 13. The van der Waals surface area contributed by atoms with Gasteiger partial charge in [-0.1, -0.05) is 51.3 Å². The van der Waals surface area contributed by atoms with Gasteiger partial charge in [-0.15, -0.1) is 0 Å². The third kappa shape index (κ3) is 7.51. The van der Waals surface area contributed by atoms with Crippen LogP contribution in [0.4, 0.5) is 22.7 Å². The third-order valence-corrected chi connectivity index (χ3v) is 4.95. The zero-order chi connectivity index (χ0) is 21.1. The molecule has 0 saturated heterocycles. The molecule has 2 rings (SSSR count). The van der Waals surface area contributed by atoms with E-state index in [1.165, 1.54) is 0 Å². The van der Waals surface area contributed by atoms with Crippen molar-refractivity contribution in [3.8, 4) is 0 Å². The van der Waals surface area contributed by atoms with Crippen molar-refractivity contribution >= 4 is 39.8 Å². The van der Waals surface area contributed by atoms with E-state index in [1.54, 1.807) is 6.07 Å². The highest BCUT2D eigenvalue weighted by atomic mass is 32.2. The fourth-order valence-corrected chi connectivity index (χ4v) is 3.35. The SMILES string of the molecule is CCCCCC(=O)c1cc(NCCCC)c(Nc2ccccc2)c(NS(=O)O)c1. The number of nitrogens with one attached hydrogen (secondary N) is 3. The zero-order valence-corrected chi connectivity index (χ0v) is 18.0. The smallest absolute Gasteiger partial charge is 0.259 e. The average molecular weight is 418 g/mol. The summed E-state index contributed by atoms with van der Waals surface area (Å²) in [6.45, 7) is 4.96. The minimum atomic E-state index is -2.26. The van der Waals surface area contributed by atoms with Gasteiger partial charge in [0.05, 0.1) is 17.1 Å². The summed E-state index contributed by atoms with van der Waals surface area (Å²) in [6.07, 6.45) is 5.38. The molecule has 2 aromatic rings. The second kappa shape index (κ2) is 12.2. The standard InChI is InChI=1S/C22H31N3O3S/c1-3-5-8-13-21(26)17-15-19(23-14-6-4-2)22(20(16-17)25-29(27)28)24-18-11-9-7-10-12-18/h7,9-12,15-16,23-25H,3-6,8,13-14H2,1-2H3,(H,27,28). The van der Waals surface area contributed by atoms with Gasteiger partial charge in [0.1, 0.15) is 0 Å². The van der Waals surface area contributed by atoms with E-state index < -0.39 is 11.3 Å². The number of Topliss-reactive ketones (excluding diaryl/α,β-unsaturated/α-hetero) is 1. The van der Waals surface area contributed by atoms with Crippen LogP contribution in [0.1, 0.15) is 62.7 Å². The Labute approximate surface area is 175 Å². The molecule has 0 aliphatic heterocycles. The van der Waals surface area contributed by atoms with Gasteiger partial charge in [0.25, 0.3) is 11.3 Å². The lowest BCUT2D eigenvalue weighted by atomic mass is 10.0. The number of para-hydroxylation sites is 1. The Balaban J connectivity index is 2.42. The van der Waals surface area contributed by atoms with Crippen LogP contribution in [0, 0.1) is 0 Å². The molecule has 29 heavy (non-hydrogen) atoms. The average Bonchev–Trinajstić information content (AvgIpc) is 2.70. The van der Waals surface area contributed by atoms with Crippen LogP contribution in [-0.2, 0) is 11.3 Å². The van der Waals surface area contributed by atoms with Crippen LogP contribution in [0.2, 0.25) is 0 Å². The predicted molar refractivity (Wildman–Crippen MR) is 122 cm³/mol. The van der Waals surface area contributed by atoms with E-state index in [0.717, 1.165) is 50.0 Å². The molecule has 0 aliphatic rings. The summed E-state index contributed by atoms with van der Waals surface area (Å²) < 4.78 is 23.5. The van der Waals surface area contributed by atoms with Crippen molar-refractivity contribution in [3.05, 3.63) is 48.0 Å². The third-order valence-electron chi connectivity index (χ3n) is 4.55. The summed E-state index contributed by atoms with van der Waals surface area (Å²) >= 11 is -2.26. The van der Waals surface area contributed by atoms with Crippen LogP contribution < -0.4 is 15.4 Å². The molecule has 7 heteroatoms. The van der Waals surface area contributed by atoms with Crippen molar-refractivity contribution in [2.24, 2.45) is 0 Å². The first kappa shape index (κ1) is 22.9. The summed E-state index contributed by atoms with van der Waals surface area (Å²) in [5.74, 6) is 0.0371. The second-order valence-electron chi connectivity index (χ2n) is 6.95. The van der Waals surface area contributed by atoms with Crippen molar-refractivity contribution in [3.63, 3.8) is 0 Å². The van der Waals surface area contributed by atoms with Crippen molar-refractivity contribution < 1.29 is 13.6 Å². The van der Waals surface area contributed by atoms with Gasteiger partial charge in [-0.2, -0.15) is 0 Å². The molecule has 0 heterocycles. The molecule has 2 aromatic carbocycles. The molecule has 1 unspecified atom stereocenters. The minimum absolute atomic E-state index is 0.0371. The van der Waals surface area contributed by atoms with Gasteiger partial charge in [0.15, 0.2) is 5.78 Å². The molecule has 0 spiro atoms. The topological polar surface area (TPSA) is 90.5 Å². The number of benzene rings is 2. The van der Waals surface area contributed by atoms with E-state index in [0.29, 0.717) is 23.4 Å². The fraction of sp³-hybridized carbons (Fsp3) is 0.409. The first-order valence-corrected chi connectivity index (χ1v) is 11.3. The Morgan fingerprint density at radius 1 is 1.00 bits per heavy atom. The van der Waals surface area contributed by atoms with Gasteiger partial charge in [0, 0.05) is 24.2 Å². The number of carbonyl (C=O) groups excluding carboxylic acids is 1. The lowest BCUT2D eigenvalue weighted by molar-refractivity contribution is 0.0979. The molecule has 0 aromatic heterocycles. The molecule has 1 atom stereocenters. The largest absolute Gasteiger partial charge is 0.383 e. The van der Waals surface area contributed by atoms with Crippen LogP contribution >= 0.6 is 0 Å². The molecular formula is C22H31N3O3S. The van der Waals surface area contributed by atoms with Crippen LogP contribution in [0.3, 0.4) is 0 Å². The zero-order valence-electron chi connectivity index (χ0n) is 17.2. The Hall–Kier alpha value is -2.38. The minimum Gasteiger partial charge on any atom is -0.383 e. The molecule has 0 saturated carbocycles. The number of hydrogen-bond donors (Lipinski definition) is 4. The van der Waals surface area contributed by atoms with E-state index >= 15 is 0 Å². The van der Waals surface area contributed by atoms with E-state index in [9.17, 15) is 13.6 Å². The maximum absolute atomic E-state index is 12.7. The Bertz CT molecular complexity index is 812. The predicted octanol–water partition coefficient (Wildman–Crippen LogP) is 5.95. The summed E-state index contributed by atoms with van der Waals surface area (Å²) in [7, 11) is 0. The Morgan fingerprint density at radius 3 is 2.34 bits per heavy atom. The number of unbranched alkanes of at least 4 members (excludes halogenated alkanes) is 3. The summed E-state index contributed by atoms with van der Waals surface area (Å²) in [6, 6.07) is 13.1. The summed E-state index contributed by atoms with van der Waals surface area (Å²) in [5, 5.41) is 6.69. The van der Waals surface area contributed by atoms with Crippen molar-refractivity contribution in [1.29, 1.82) is 0 Å². The van der Waals surface area contributed by atoms with E-state index in [4.69, 9.17) is 0 Å². The number of anilines is 4. The van der Waals surface area contributed by atoms with Crippen molar-refractivity contribution in [1.82, 2.24) is 0 Å². The lowest BCUT2D eigenvalue weighted by Gasteiger charge is -2.19. The highest BCUT2D eigenvalue weighted by molar-refractivity contribution is 7.80. The van der Waals surface area contributed by atoms with Gasteiger partial charge in [-0.3, -0.25) is 14.1 Å². The summed E-state index contributed by atoms with van der Waals surface area (Å²) in [4.78, 5) is 12.7. The maximum atomic E-state index is 12.7. The highest BCUT2D eigenvalue weighted by Crippen LogP contribution is 2.36. The molecule has 0 aliphatic carbocycles. The Morgan fingerprint density at radius 2 is 1.69 bits per heavy atom. The fourth-order valence-electron chi connectivity index (χ4n) is 3.00. The molecule has 4 N–H and O–H groups in total. The molecule has 0 bridgehead atoms. The first-order valence-electron chi connectivity index (χ1n) is 10.2. The molecule has 0 amide bonds. The van der Waals surface area contributed by atoms with Gasteiger partial charge in [-0.05, 0) is 37.1 Å². The lowest BCUT2D eigenvalue weighted by Crippen LogP contribution is -2.11. The van der Waals surface area contributed by atoms with Crippen LogP contribution in [-0.4, -0.2) is 21.1 Å². The van der Waals surface area contributed by atoms with Gasteiger partial charge < -0.3 is 10.6 Å². The molecule has 6 nitrogen and oxygen atoms in total. The molecule has 0 radical (unpaired) electrons. The van der Waals surface area contributed by atoms with Crippen LogP contribution in [0.5, 0.6) is 0 Å². The van der Waals surface area contributed by atoms with Crippen LogP contribution in [0.25, 0.3) is 0 Å². The van der Waals surface area contributed by atoms with Gasteiger partial charge in [0.2, 0.25) is 0 Å². The highest BCUT2D eigenvalue weighted by Gasteiger charge is 2.16. The normalized spacial score (nSPS) is 11.7. The van der Waals surface area contributed by atoms with E-state index in [1.807, 2.05) is 36.4 Å². The van der Waals surface area contributed by atoms with E-state index in [-0.39, 0.29) is 5.78 Å². The Kier molecular flexibility index (Phi) is 9.67. The van der Waals surface area contributed by atoms with Crippen LogP contribution in [0.15, 0.2) is 42.5 Å². The number of ketones is 1. The summed E-state index contributed by atoms with van der Waals surface area (Å²) in [5.41, 5.74) is 3.16. The van der Waals surface area contributed by atoms with Crippen molar-refractivity contribution in [2.75, 3.05) is 21.9 Å². The molecular weight excluding hydrogens is 386 g/mol. The van der Waals surface area contributed by atoms with E-state index in [2.05, 4.69) is 29.2 Å². The maximum Gasteiger partial charge on any atom is 0.259 e. The quantitative estimate of drug-likeness (QED) is 0.184. The molecule has 0 fully saturated rings. The van der Waals surface area contributed by atoms with Gasteiger partial charge >= 0.3 is 0 Å². The van der Waals surface area contributed by atoms with Crippen molar-refractivity contribution in [2.45, 2.75) is 52.4 Å². The molecule has 158 valence electrons.